The van der Waals surface area contributed by atoms with Crippen LogP contribution < -0.4 is 4.74 Å². The van der Waals surface area contributed by atoms with Crippen molar-refractivity contribution in [3.05, 3.63) is 30.3 Å². The maximum atomic E-state index is 11.2. The van der Waals surface area contributed by atoms with E-state index >= 15 is 0 Å². The molecule has 0 aromatic heterocycles. The van der Waals surface area contributed by atoms with Gasteiger partial charge in [0.1, 0.15) is 12.3 Å². The summed E-state index contributed by atoms with van der Waals surface area (Å²) >= 11 is 0. The minimum absolute atomic E-state index is 0. The van der Waals surface area contributed by atoms with Crippen LogP contribution in [0.1, 0.15) is 6.92 Å². The second kappa shape index (κ2) is 8.49. The molecular formula is C11H16NNaO4. The molecule has 1 atom stereocenters. The molecule has 0 aliphatic carbocycles. The fourth-order valence-corrected chi connectivity index (χ4v) is 1.12. The summed E-state index contributed by atoms with van der Waals surface area (Å²) in [6, 6.07) is 9.05. The van der Waals surface area contributed by atoms with E-state index in [0.717, 1.165) is 5.06 Å². The summed E-state index contributed by atoms with van der Waals surface area (Å²) in [6.07, 6.45) is -0.685. The van der Waals surface area contributed by atoms with E-state index in [4.69, 9.17) is 14.7 Å². The monoisotopic (exact) mass is 249 g/mol. The van der Waals surface area contributed by atoms with Crippen LogP contribution in [0, 0.1) is 0 Å². The number of esters is 1. The maximum absolute atomic E-state index is 11.2. The van der Waals surface area contributed by atoms with Crippen LogP contribution in [0.2, 0.25) is 0 Å². The zero-order valence-corrected chi connectivity index (χ0v) is 9.29. The van der Waals surface area contributed by atoms with Gasteiger partial charge in [0.15, 0.2) is 0 Å². The van der Waals surface area contributed by atoms with Gasteiger partial charge < -0.3 is 14.7 Å². The predicted molar refractivity (Wildman–Crippen MR) is 64.2 cm³/mol. The van der Waals surface area contributed by atoms with Crippen LogP contribution in [0.4, 0.5) is 0 Å². The van der Waals surface area contributed by atoms with Gasteiger partial charge in [0.2, 0.25) is 6.29 Å². The molecule has 6 heteroatoms. The van der Waals surface area contributed by atoms with E-state index in [-0.39, 0.29) is 36.1 Å². The molecular weight excluding hydrogens is 233 g/mol. The van der Waals surface area contributed by atoms with Crippen molar-refractivity contribution < 1.29 is 19.5 Å². The first-order valence-electron chi connectivity index (χ1n) is 4.89. The van der Waals surface area contributed by atoms with E-state index in [1.54, 1.807) is 19.1 Å². The Morgan fingerprint density at radius 1 is 1.41 bits per heavy atom. The van der Waals surface area contributed by atoms with Gasteiger partial charge in [0.05, 0.1) is 0 Å². The van der Waals surface area contributed by atoms with Crippen molar-refractivity contribution in [3.63, 3.8) is 0 Å². The molecule has 0 fully saturated rings. The van der Waals surface area contributed by atoms with Gasteiger partial charge in [-0.2, -0.15) is 5.06 Å². The Kier molecular flexibility index (Phi) is 8.20. The average Bonchev–Trinajstić information content (AvgIpc) is 2.17. The number of hydrogen-bond acceptors (Lipinski definition) is 5. The number of carbonyl (C=O) groups excluding carboxylic acids is 1. The molecule has 1 rings (SSSR count). The second-order valence-corrected chi connectivity index (χ2v) is 3.30. The van der Waals surface area contributed by atoms with Crippen molar-refractivity contribution >= 4 is 35.5 Å². The van der Waals surface area contributed by atoms with Gasteiger partial charge in [-0.1, -0.05) is 18.2 Å². The quantitative estimate of drug-likeness (QED) is 0.359. The number of hydroxylamine groups is 2. The zero-order chi connectivity index (χ0) is 12.0. The molecule has 0 heterocycles. The van der Waals surface area contributed by atoms with Crippen LogP contribution in [-0.4, -0.2) is 65.7 Å². The predicted octanol–water partition coefficient (Wildman–Crippen LogP) is 0.627. The SMILES string of the molecule is CC(OC(=O)CN(C)O)Oc1ccccc1.[NaH]. The first kappa shape index (κ1) is 16.4. The minimum atomic E-state index is -0.685. The number of rotatable bonds is 5. The Morgan fingerprint density at radius 2 is 2.00 bits per heavy atom. The zero-order valence-electron chi connectivity index (χ0n) is 9.29. The van der Waals surface area contributed by atoms with Crippen molar-refractivity contribution in [2.75, 3.05) is 13.6 Å². The molecule has 1 aromatic carbocycles. The fourth-order valence-electron chi connectivity index (χ4n) is 1.12. The Bertz CT molecular complexity index is 332. The molecule has 1 N–H and O–H groups in total. The standard InChI is InChI=1S/C11H15NO4.Na.H/c1-9(16-11(13)8-12(2)14)15-10-6-4-3-5-7-10;;/h3-7,9,14H,8H2,1-2H3;;. The molecule has 0 saturated heterocycles. The number of carbonyl (C=O) groups is 1. The first-order valence-corrected chi connectivity index (χ1v) is 4.89. The Hall–Kier alpha value is -0.590. The molecule has 90 valence electrons. The normalized spacial score (nSPS) is 11.5. The molecule has 0 bridgehead atoms. The van der Waals surface area contributed by atoms with E-state index in [1.165, 1.54) is 7.05 Å². The molecule has 0 radical (unpaired) electrons. The summed E-state index contributed by atoms with van der Waals surface area (Å²) in [6.45, 7) is 1.42. The third-order valence-corrected chi connectivity index (χ3v) is 1.70. The van der Waals surface area contributed by atoms with Crippen molar-refractivity contribution in [2.45, 2.75) is 13.2 Å². The van der Waals surface area contributed by atoms with E-state index < -0.39 is 12.3 Å². The molecule has 17 heavy (non-hydrogen) atoms. The number of ether oxygens (including phenoxy) is 2. The number of nitrogens with zero attached hydrogens (tertiary/aromatic N) is 1. The molecule has 1 aromatic rings. The Balaban J connectivity index is 0.00000256. The van der Waals surface area contributed by atoms with E-state index in [9.17, 15) is 4.79 Å². The van der Waals surface area contributed by atoms with Gasteiger partial charge >= 0.3 is 35.5 Å². The van der Waals surface area contributed by atoms with Crippen molar-refractivity contribution in [1.29, 1.82) is 0 Å². The Labute approximate surface area is 123 Å². The number of hydrogen-bond donors (Lipinski definition) is 1. The van der Waals surface area contributed by atoms with Crippen LogP contribution in [0.3, 0.4) is 0 Å². The molecule has 1 unspecified atom stereocenters. The van der Waals surface area contributed by atoms with Crippen molar-refractivity contribution in [1.82, 2.24) is 5.06 Å². The van der Waals surface area contributed by atoms with Gasteiger partial charge in [-0.05, 0) is 12.1 Å². The number of likely N-dealkylation sites (N-methyl/N-ethyl adjacent to an activating group) is 1. The molecule has 0 saturated carbocycles. The number of para-hydroxylation sites is 1. The summed E-state index contributed by atoms with van der Waals surface area (Å²) in [7, 11) is 1.37. The van der Waals surface area contributed by atoms with Crippen LogP contribution >= 0.6 is 0 Å². The molecule has 0 aliphatic rings. The van der Waals surface area contributed by atoms with Crippen LogP contribution in [0.5, 0.6) is 5.75 Å². The topological polar surface area (TPSA) is 59.0 Å². The fraction of sp³-hybridized carbons (Fsp3) is 0.364. The van der Waals surface area contributed by atoms with Crippen molar-refractivity contribution in [2.24, 2.45) is 0 Å². The summed E-state index contributed by atoms with van der Waals surface area (Å²) in [5.41, 5.74) is 0. The van der Waals surface area contributed by atoms with Crippen LogP contribution in [-0.2, 0) is 9.53 Å². The summed E-state index contributed by atoms with van der Waals surface area (Å²) < 4.78 is 10.2. The number of benzene rings is 1. The molecule has 0 aliphatic heterocycles. The average molecular weight is 249 g/mol. The van der Waals surface area contributed by atoms with Gasteiger partial charge in [-0.25, -0.2) is 0 Å². The van der Waals surface area contributed by atoms with Gasteiger partial charge in [-0.15, -0.1) is 0 Å². The van der Waals surface area contributed by atoms with Gasteiger partial charge in [0, 0.05) is 14.0 Å². The van der Waals surface area contributed by atoms with E-state index in [1.807, 2.05) is 18.2 Å². The molecule has 0 amide bonds. The third kappa shape index (κ3) is 7.36. The van der Waals surface area contributed by atoms with Crippen LogP contribution in [0.15, 0.2) is 30.3 Å². The van der Waals surface area contributed by atoms with Crippen molar-refractivity contribution in [3.8, 4) is 5.75 Å². The first-order chi connectivity index (χ1) is 7.58. The Morgan fingerprint density at radius 3 is 2.53 bits per heavy atom. The van der Waals surface area contributed by atoms with Crippen LogP contribution in [0.25, 0.3) is 0 Å². The molecule has 0 spiro atoms. The van der Waals surface area contributed by atoms with Gasteiger partial charge in [0.25, 0.3) is 0 Å². The van der Waals surface area contributed by atoms with E-state index in [2.05, 4.69) is 0 Å². The summed E-state index contributed by atoms with van der Waals surface area (Å²) in [5.74, 6) is 0.0774. The van der Waals surface area contributed by atoms with E-state index in [0.29, 0.717) is 5.75 Å². The second-order valence-electron chi connectivity index (χ2n) is 3.30. The summed E-state index contributed by atoms with van der Waals surface area (Å²) in [5, 5.41) is 9.56. The molecule has 5 nitrogen and oxygen atoms in total. The summed E-state index contributed by atoms with van der Waals surface area (Å²) in [4.78, 5) is 11.2. The van der Waals surface area contributed by atoms with Gasteiger partial charge in [-0.3, -0.25) is 4.79 Å². The third-order valence-electron chi connectivity index (χ3n) is 1.70.